The minimum absolute atomic E-state index is 0. The van der Waals surface area contributed by atoms with Gasteiger partial charge in [0.1, 0.15) is 0 Å². The predicted molar refractivity (Wildman–Crippen MR) is 147 cm³/mol. The molecule has 0 saturated carbocycles. The van der Waals surface area contributed by atoms with E-state index >= 15 is 0 Å². The van der Waals surface area contributed by atoms with Crippen molar-refractivity contribution >= 4 is 0 Å². The summed E-state index contributed by atoms with van der Waals surface area (Å²) < 4.78 is 0. The summed E-state index contributed by atoms with van der Waals surface area (Å²) in [5, 5.41) is 45.4. The molecule has 1 rings (SSSR count). The van der Waals surface area contributed by atoms with E-state index in [0.29, 0.717) is 0 Å². The average Bonchev–Trinajstić information content (AvgIpc) is 2.78. The van der Waals surface area contributed by atoms with Crippen LogP contribution < -0.4 is 0 Å². The first-order valence-corrected chi connectivity index (χ1v) is 11.6. The van der Waals surface area contributed by atoms with Crippen molar-refractivity contribution in [2.45, 2.75) is 74.1 Å². The van der Waals surface area contributed by atoms with Crippen LogP contribution in [0.25, 0.3) is 0 Å². The van der Waals surface area contributed by atoms with Gasteiger partial charge in [0.25, 0.3) is 0 Å². The summed E-state index contributed by atoms with van der Waals surface area (Å²) >= 11 is 0. The maximum atomic E-state index is 7.57. The Kier molecular flexibility index (Phi) is 235. The molecule has 0 aliphatic heterocycles. The second kappa shape index (κ2) is 127. The number of hydrogen-bond acceptors (Lipinski definition) is 6. The van der Waals surface area contributed by atoms with Gasteiger partial charge in [-0.25, -0.2) is 19.6 Å². The number of allylic oxidation sites excluding steroid dienone is 1. The number of benzene rings is 1. The van der Waals surface area contributed by atoms with Gasteiger partial charge in [-0.1, -0.05) is 26.2 Å². The molecule has 0 radical (unpaired) electrons. The van der Waals surface area contributed by atoms with Gasteiger partial charge in [0.15, 0.2) is 0 Å². The number of unbranched alkanes of at least 4 members (excludes halogenated alkanes) is 3. The van der Waals surface area contributed by atoms with E-state index in [4.69, 9.17) is 30.6 Å². The van der Waals surface area contributed by atoms with Crippen LogP contribution in [-0.2, 0) is 52.4 Å². The third-order valence-corrected chi connectivity index (χ3v) is 1.46. The van der Waals surface area contributed by atoms with Crippen LogP contribution in [0.5, 0.6) is 0 Å². The van der Waals surface area contributed by atoms with E-state index in [9.17, 15) is 0 Å². The largest absolute Gasteiger partial charge is 2.00 e. The number of rotatable bonds is 3. The summed E-state index contributed by atoms with van der Waals surface area (Å²) in [6.45, 7) is 24.0. The second-order valence-electron chi connectivity index (χ2n) is 4.82. The smallest absolute Gasteiger partial charge is 0.397 e. The zero-order chi connectivity index (χ0) is 28.0. The fourth-order valence-electron chi connectivity index (χ4n) is 0.769. The van der Waals surface area contributed by atoms with Crippen molar-refractivity contribution in [1.82, 2.24) is 0 Å². The molecule has 6 N–H and O–H groups in total. The molecule has 0 unspecified atom stereocenters. The standard InChI is InChI=1S/C6H5.C6H13.C3H5.6C2H6O.2Zr/c1-2-4-6-5-3-1;1-3-5-6-4-2;1-3-2;6*1-2-3;;/h1-5H;1,3-6H2,2H3;3H,1-2H2;6*3H,2H2,1H3;;/q3*-1;;;;;;;;+2. The molecule has 8 heteroatoms. The van der Waals surface area contributed by atoms with E-state index in [2.05, 4.69) is 33.4 Å². The third-order valence-electron chi connectivity index (χ3n) is 1.46. The van der Waals surface area contributed by atoms with Crippen LogP contribution in [0.1, 0.15) is 74.1 Å². The van der Waals surface area contributed by atoms with Gasteiger partial charge < -0.3 is 37.6 Å². The fourth-order valence-corrected chi connectivity index (χ4v) is 0.769. The topological polar surface area (TPSA) is 121 Å². The van der Waals surface area contributed by atoms with E-state index < -0.39 is 0 Å². The minimum atomic E-state index is 0. The summed E-state index contributed by atoms with van der Waals surface area (Å²) in [6.07, 6.45) is 6.57. The number of aliphatic hydroxyl groups is 6. The summed E-state index contributed by atoms with van der Waals surface area (Å²) in [7, 11) is 0. The van der Waals surface area contributed by atoms with Crippen molar-refractivity contribution in [3.05, 3.63) is 62.9 Å². The van der Waals surface area contributed by atoms with Gasteiger partial charge in [0.05, 0.1) is 0 Å². The third kappa shape index (κ3) is 411. The molecule has 0 aliphatic rings. The number of aliphatic hydroxyl groups excluding tert-OH is 6. The SMILES string of the molecule is C=C[CH2-].CCO.CCO.CCO.CCO.CCO.CCO.[CH2-]CCCCC.[Zr+2].[Zr].[c-]1ccccc1. The first kappa shape index (κ1) is 64.9. The van der Waals surface area contributed by atoms with Crippen LogP contribution in [0.3, 0.4) is 0 Å². The summed E-state index contributed by atoms with van der Waals surface area (Å²) in [6, 6.07) is 12.5. The molecule has 0 spiro atoms. The molecular weight excluding hydrogens is 603 g/mol. The zero-order valence-electron chi connectivity index (χ0n) is 23.8. The molecule has 0 bridgehead atoms. The van der Waals surface area contributed by atoms with E-state index in [0.717, 1.165) is 6.42 Å². The molecule has 0 heterocycles. The van der Waals surface area contributed by atoms with Crippen molar-refractivity contribution in [2.24, 2.45) is 0 Å². The summed E-state index contributed by atoms with van der Waals surface area (Å²) in [4.78, 5) is 0. The van der Waals surface area contributed by atoms with Crippen LogP contribution in [0.2, 0.25) is 0 Å². The van der Waals surface area contributed by atoms with Gasteiger partial charge in [-0.05, 0) is 41.5 Å². The number of hydrogen-bond donors (Lipinski definition) is 6. The Bertz CT molecular complexity index is 237. The molecular formula is C27H59O6Zr2-. The Morgan fingerprint density at radius 3 is 0.943 bits per heavy atom. The van der Waals surface area contributed by atoms with Crippen LogP contribution >= 0.6 is 0 Å². The average molecular weight is 662 g/mol. The van der Waals surface area contributed by atoms with Crippen molar-refractivity contribution < 1.29 is 83.0 Å². The molecule has 0 amide bonds. The maximum absolute atomic E-state index is 7.57. The molecule has 0 fully saturated rings. The van der Waals surface area contributed by atoms with Crippen LogP contribution in [0.15, 0.2) is 43.0 Å². The zero-order valence-corrected chi connectivity index (χ0v) is 28.8. The molecule has 1 aromatic carbocycles. The molecule has 0 saturated heterocycles. The van der Waals surface area contributed by atoms with E-state index in [1.165, 1.54) is 25.3 Å². The van der Waals surface area contributed by atoms with E-state index in [-0.39, 0.29) is 92.0 Å². The molecule has 0 aliphatic carbocycles. The Morgan fingerprint density at radius 2 is 0.886 bits per heavy atom. The van der Waals surface area contributed by atoms with Gasteiger partial charge in [-0.3, -0.25) is 0 Å². The molecule has 212 valence electrons. The minimum Gasteiger partial charge on any atom is -0.397 e. The quantitative estimate of drug-likeness (QED) is 0.203. The monoisotopic (exact) mass is 659 g/mol. The first-order chi connectivity index (χ1) is 15.8. The van der Waals surface area contributed by atoms with Crippen LogP contribution in [0, 0.1) is 19.9 Å². The summed E-state index contributed by atoms with van der Waals surface area (Å²) in [5.74, 6) is 0. The van der Waals surface area contributed by atoms with Crippen molar-refractivity contribution in [2.75, 3.05) is 39.6 Å². The van der Waals surface area contributed by atoms with Gasteiger partial charge in [0, 0.05) is 65.8 Å². The Balaban J connectivity index is -0.0000000255. The summed E-state index contributed by atoms with van der Waals surface area (Å²) in [5.41, 5.74) is 0. The van der Waals surface area contributed by atoms with Crippen molar-refractivity contribution in [3.63, 3.8) is 0 Å². The molecule has 0 atom stereocenters. The van der Waals surface area contributed by atoms with Gasteiger partial charge in [-0.2, -0.15) is 42.8 Å². The van der Waals surface area contributed by atoms with Crippen molar-refractivity contribution in [3.8, 4) is 0 Å². The Labute approximate surface area is 258 Å². The Hall–Kier alpha value is 0.356. The Morgan fingerprint density at radius 1 is 0.657 bits per heavy atom. The maximum Gasteiger partial charge on any atom is 2.00 e. The molecule has 0 aromatic heterocycles. The van der Waals surface area contributed by atoms with E-state index in [1.54, 1.807) is 41.5 Å². The van der Waals surface area contributed by atoms with Crippen LogP contribution in [-0.4, -0.2) is 70.3 Å². The molecule has 35 heavy (non-hydrogen) atoms. The fraction of sp³-hybridized carbons (Fsp3) is 0.630. The molecule has 1 aromatic rings. The van der Waals surface area contributed by atoms with Gasteiger partial charge in [0.2, 0.25) is 0 Å². The normalized spacial score (nSPS) is 6.34. The van der Waals surface area contributed by atoms with Gasteiger partial charge >= 0.3 is 26.2 Å². The first-order valence-electron chi connectivity index (χ1n) is 11.6. The van der Waals surface area contributed by atoms with E-state index in [1.807, 2.05) is 30.3 Å². The van der Waals surface area contributed by atoms with Gasteiger partial charge in [-0.15, -0.1) is 0 Å². The van der Waals surface area contributed by atoms with Crippen LogP contribution in [0.4, 0.5) is 0 Å². The predicted octanol–water partition coefficient (Wildman–Crippen LogP) is 4.88. The molecule has 6 nitrogen and oxygen atoms in total. The second-order valence-corrected chi connectivity index (χ2v) is 4.82. The van der Waals surface area contributed by atoms with Crippen molar-refractivity contribution in [1.29, 1.82) is 0 Å².